The summed E-state index contributed by atoms with van der Waals surface area (Å²) in [6, 6.07) is 10.4. The van der Waals surface area contributed by atoms with Crippen LogP contribution in [0.4, 0.5) is 14.5 Å². The van der Waals surface area contributed by atoms with E-state index in [9.17, 15) is 9.18 Å². The normalized spacial score (nSPS) is 23.5. The van der Waals surface area contributed by atoms with Gasteiger partial charge in [-0.3, -0.25) is 0 Å². The van der Waals surface area contributed by atoms with Gasteiger partial charge in [0.15, 0.2) is 11.4 Å². The van der Waals surface area contributed by atoms with Crippen molar-refractivity contribution in [3.8, 4) is 11.3 Å². The predicted molar refractivity (Wildman–Crippen MR) is 134 cm³/mol. The van der Waals surface area contributed by atoms with Crippen LogP contribution < -0.4 is 4.90 Å². The smallest absolute Gasteiger partial charge is 0.340 e. The lowest BCUT2D eigenvalue weighted by Gasteiger charge is -2.33. The fourth-order valence-electron chi connectivity index (χ4n) is 5.84. The van der Waals surface area contributed by atoms with E-state index in [0.717, 1.165) is 29.7 Å². The molecule has 3 fully saturated rings. The number of anilines is 1. The van der Waals surface area contributed by atoms with Gasteiger partial charge < -0.3 is 18.9 Å². The Morgan fingerprint density at radius 3 is 2.73 bits per heavy atom. The molecule has 6 rings (SSSR count). The van der Waals surface area contributed by atoms with Gasteiger partial charge in [0.2, 0.25) is 0 Å². The Balaban J connectivity index is 1.19. The minimum atomic E-state index is -1.50. The molecule has 3 aliphatic rings. The Hall–Kier alpha value is -2.97. The van der Waals surface area contributed by atoms with Gasteiger partial charge in [-0.1, -0.05) is 28.9 Å². The molecule has 2 aliphatic carbocycles. The van der Waals surface area contributed by atoms with E-state index in [2.05, 4.69) is 14.8 Å². The van der Waals surface area contributed by atoms with Gasteiger partial charge in [-0.15, -0.1) is 0 Å². The number of aryl methyl sites for hydroxylation is 1. The highest BCUT2D eigenvalue weighted by Gasteiger charge is 2.51. The van der Waals surface area contributed by atoms with E-state index in [1.165, 1.54) is 19.2 Å². The highest BCUT2D eigenvalue weighted by molar-refractivity contribution is 6.33. The highest BCUT2D eigenvalue weighted by Crippen LogP contribution is 2.53. The quantitative estimate of drug-likeness (QED) is 0.332. The van der Waals surface area contributed by atoms with Crippen LogP contribution in [-0.4, -0.2) is 36.9 Å². The third-order valence-corrected chi connectivity index (χ3v) is 8.27. The first-order valence-corrected chi connectivity index (χ1v) is 12.9. The Morgan fingerprint density at radius 2 is 2.08 bits per heavy atom. The molecule has 2 saturated carbocycles. The standard InChI is InChI=1S/C28H27ClF2N2O4/c1-15-4-3-5-21(29)24(15)25-20(26(37-32-25)28(31)8-9-28)14-36-23-12-18-10-16(23)13-33(18)17-6-7-19(22(30)11-17)27(34)35-2/h3-7,11,16,18,23H,8-10,12-14H2,1-2H3/t16-,18-,23+/m0/s1. The van der Waals surface area contributed by atoms with Gasteiger partial charge in [0.05, 0.1) is 36.0 Å². The summed E-state index contributed by atoms with van der Waals surface area (Å²) >= 11 is 6.50. The molecule has 2 heterocycles. The number of alkyl halides is 1. The van der Waals surface area contributed by atoms with Crippen LogP contribution >= 0.6 is 11.6 Å². The van der Waals surface area contributed by atoms with Crippen LogP contribution in [0.15, 0.2) is 40.9 Å². The number of fused-ring (bicyclic) bond motifs is 2. The second kappa shape index (κ2) is 9.10. The number of nitrogens with zero attached hydrogens (tertiary/aromatic N) is 2. The largest absolute Gasteiger partial charge is 0.465 e. The van der Waals surface area contributed by atoms with Crippen molar-refractivity contribution >= 4 is 23.3 Å². The minimum absolute atomic E-state index is 0.0156. The average molecular weight is 529 g/mol. The van der Waals surface area contributed by atoms with Crippen LogP contribution in [0.1, 0.15) is 52.9 Å². The number of ether oxygens (including phenoxy) is 2. The summed E-state index contributed by atoms with van der Waals surface area (Å²) in [5, 5.41) is 4.77. The maximum atomic E-state index is 15.2. The molecule has 3 atom stereocenters. The minimum Gasteiger partial charge on any atom is -0.465 e. The van der Waals surface area contributed by atoms with E-state index in [-0.39, 0.29) is 36.0 Å². The van der Waals surface area contributed by atoms with Gasteiger partial charge in [0, 0.05) is 29.8 Å². The Bertz CT molecular complexity index is 1350. The second-order valence-electron chi connectivity index (χ2n) is 10.3. The molecule has 194 valence electrons. The number of carbonyl (C=O) groups excluding carboxylic acids is 1. The monoisotopic (exact) mass is 528 g/mol. The van der Waals surface area contributed by atoms with Crippen LogP contribution in [0.2, 0.25) is 5.02 Å². The molecule has 0 radical (unpaired) electrons. The molecular weight excluding hydrogens is 502 g/mol. The van der Waals surface area contributed by atoms with Crippen LogP contribution in [0, 0.1) is 18.7 Å². The number of piperidine rings is 1. The van der Waals surface area contributed by atoms with Gasteiger partial charge in [-0.05, 0) is 62.4 Å². The number of benzene rings is 2. The first-order valence-electron chi connectivity index (χ1n) is 12.5. The SMILES string of the molecule is COC(=O)c1ccc(N2C[C@@H]3C[C@H]2C[C@H]3OCc2c(-c3c(C)cccc3Cl)noc2C2(F)CC2)cc1F. The predicted octanol–water partition coefficient (Wildman–Crippen LogP) is 6.37. The maximum absolute atomic E-state index is 15.2. The van der Waals surface area contributed by atoms with E-state index < -0.39 is 17.5 Å². The molecule has 1 aromatic heterocycles. The summed E-state index contributed by atoms with van der Waals surface area (Å²) in [5.41, 5.74) is 1.99. The van der Waals surface area contributed by atoms with Crippen molar-refractivity contribution in [2.75, 3.05) is 18.6 Å². The van der Waals surface area contributed by atoms with Crippen LogP contribution in [0.25, 0.3) is 11.3 Å². The van der Waals surface area contributed by atoms with Crippen molar-refractivity contribution in [1.82, 2.24) is 5.16 Å². The molecule has 1 saturated heterocycles. The lowest BCUT2D eigenvalue weighted by atomic mass is 9.99. The summed E-state index contributed by atoms with van der Waals surface area (Å²) in [4.78, 5) is 13.9. The molecule has 0 N–H and O–H groups in total. The zero-order valence-corrected chi connectivity index (χ0v) is 21.4. The highest BCUT2D eigenvalue weighted by atomic mass is 35.5. The van der Waals surface area contributed by atoms with Crippen molar-refractivity contribution in [3.63, 3.8) is 0 Å². The molecule has 2 aromatic carbocycles. The van der Waals surface area contributed by atoms with Crippen molar-refractivity contribution in [3.05, 3.63) is 69.7 Å². The topological polar surface area (TPSA) is 64.8 Å². The third-order valence-electron chi connectivity index (χ3n) is 7.95. The van der Waals surface area contributed by atoms with Gasteiger partial charge >= 0.3 is 5.97 Å². The van der Waals surface area contributed by atoms with E-state index in [0.29, 0.717) is 35.7 Å². The lowest BCUT2D eigenvalue weighted by Crippen LogP contribution is -2.38. The second-order valence-corrected chi connectivity index (χ2v) is 10.7. The van der Waals surface area contributed by atoms with Gasteiger partial charge in [-0.25, -0.2) is 13.6 Å². The Labute approximate surface area is 218 Å². The number of carbonyl (C=O) groups is 1. The summed E-state index contributed by atoms with van der Waals surface area (Å²) in [6.45, 7) is 2.83. The van der Waals surface area contributed by atoms with Gasteiger partial charge in [0.25, 0.3) is 0 Å². The maximum Gasteiger partial charge on any atom is 0.340 e. The van der Waals surface area contributed by atoms with Crippen molar-refractivity contribution < 1.29 is 27.6 Å². The number of rotatable bonds is 7. The number of aromatic nitrogens is 1. The molecule has 0 spiro atoms. The van der Waals surface area contributed by atoms with Gasteiger partial charge in [-0.2, -0.15) is 0 Å². The number of methoxy groups -OCH3 is 1. The molecule has 3 aromatic rings. The number of hydrogen-bond acceptors (Lipinski definition) is 6. The van der Waals surface area contributed by atoms with Crippen molar-refractivity contribution in [2.45, 2.75) is 57.0 Å². The first-order chi connectivity index (χ1) is 17.8. The van der Waals surface area contributed by atoms with E-state index in [1.54, 1.807) is 12.1 Å². The van der Waals surface area contributed by atoms with Crippen LogP contribution in [0.3, 0.4) is 0 Å². The number of esters is 1. The van der Waals surface area contributed by atoms with E-state index in [1.807, 2.05) is 19.1 Å². The molecule has 0 amide bonds. The lowest BCUT2D eigenvalue weighted by molar-refractivity contribution is 0.0114. The summed E-state index contributed by atoms with van der Waals surface area (Å²) in [7, 11) is 1.23. The molecule has 37 heavy (non-hydrogen) atoms. The summed E-state index contributed by atoms with van der Waals surface area (Å²) < 4.78 is 46.2. The summed E-state index contributed by atoms with van der Waals surface area (Å²) in [5.74, 6) is -0.793. The zero-order valence-electron chi connectivity index (χ0n) is 20.6. The molecule has 2 bridgehead atoms. The number of hydrogen-bond donors (Lipinski definition) is 0. The Morgan fingerprint density at radius 1 is 1.27 bits per heavy atom. The van der Waals surface area contributed by atoms with Crippen molar-refractivity contribution in [2.24, 2.45) is 5.92 Å². The third kappa shape index (κ3) is 4.20. The number of halogens is 3. The zero-order chi connectivity index (χ0) is 25.9. The van der Waals surface area contributed by atoms with E-state index in [4.69, 9.17) is 20.9 Å². The molecule has 1 aliphatic heterocycles. The van der Waals surface area contributed by atoms with Crippen molar-refractivity contribution in [1.29, 1.82) is 0 Å². The molecule has 0 unspecified atom stereocenters. The fourth-order valence-corrected chi connectivity index (χ4v) is 6.15. The summed E-state index contributed by atoms with van der Waals surface area (Å²) in [6.07, 6.45) is 2.49. The van der Waals surface area contributed by atoms with Crippen LogP contribution in [-0.2, 0) is 21.7 Å². The first kappa shape index (κ1) is 24.4. The molecule has 9 heteroatoms. The molecule has 6 nitrogen and oxygen atoms in total. The average Bonchev–Trinajstić information content (AvgIpc) is 3.22. The fraction of sp³-hybridized carbons (Fsp3) is 0.429. The van der Waals surface area contributed by atoms with Gasteiger partial charge in [0.1, 0.15) is 11.5 Å². The van der Waals surface area contributed by atoms with Crippen LogP contribution in [0.5, 0.6) is 0 Å². The van der Waals surface area contributed by atoms with E-state index >= 15 is 4.39 Å². The molecular formula is C28H27ClF2N2O4. The Kier molecular flexibility index (Phi) is 5.99.